The maximum absolute atomic E-state index is 5.26. The zero-order valence-corrected chi connectivity index (χ0v) is 12.8. The summed E-state index contributed by atoms with van der Waals surface area (Å²) in [5.74, 6) is 1.39. The quantitative estimate of drug-likeness (QED) is 0.830. The first-order valence-corrected chi connectivity index (χ1v) is 7.63. The fourth-order valence-electron chi connectivity index (χ4n) is 3.03. The molecule has 1 unspecified atom stereocenters. The SMILES string of the molecule is COc1nc(N2CCCN3CCCC3C2)ncc1Br. The van der Waals surface area contributed by atoms with Crippen molar-refractivity contribution >= 4 is 21.9 Å². The Morgan fingerprint density at radius 3 is 3.00 bits per heavy atom. The van der Waals surface area contributed by atoms with E-state index in [2.05, 4.69) is 35.7 Å². The lowest BCUT2D eigenvalue weighted by Crippen LogP contribution is -2.37. The van der Waals surface area contributed by atoms with Crippen molar-refractivity contribution in [1.29, 1.82) is 0 Å². The van der Waals surface area contributed by atoms with Crippen LogP contribution in [0.3, 0.4) is 0 Å². The number of halogens is 1. The number of aromatic nitrogens is 2. The highest BCUT2D eigenvalue weighted by atomic mass is 79.9. The van der Waals surface area contributed by atoms with Gasteiger partial charge in [0.25, 0.3) is 0 Å². The number of hydrogen-bond donors (Lipinski definition) is 0. The molecule has 0 radical (unpaired) electrons. The molecule has 2 aliphatic rings. The number of anilines is 1. The Hall–Kier alpha value is -0.880. The van der Waals surface area contributed by atoms with Crippen LogP contribution in [-0.4, -0.2) is 54.2 Å². The Kier molecular flexibility index (Phi) is 3.88. The number of ether oxygens (including phenoxy) is 1. The van der Waals surface area contributed by atoms with Gasteiger partial charge in [-0.3, -0.25) is 4.90 Å². The molecule has 0 aliphatic carbocycles. The Balaban J connectivity index is 1.80. The Bertz CT molecular complexity index is 456. The molecular weight excluding hydrogens is 308 g/mol. The minimum absolute atomic E-state index is 0.609. The Morgan fingerprint density at radius 2 is 2.16 bits per heavy atom. The van der Waals surface area contributed by atoms with Gasteiger partial charge >= 0.3 is 0 Å². The summed E-state index contributed by atoms with van der Waals surface area (Å²) in [5.41, 5.74) is 0. The van der Waals surface area contributed by atoms with Gasteiger partial charge in [0, 0.05) is 25.7 Å². The zero-order chi connectivity index (χ0) is 13.2. The van der Waals surface area contributed by atoms with E-state index in [9.17, 15) is 0 Å². The highest BCUT2D eigenvalue weighted by molar-refractivity contribution is 9.10. The summed E-state index contributed by atoms with van der Waals surface area (Å²) in [5, 5.41) is 0. The predicted molar refractivity (Wildman–Crippen MR) is 77.7 cm³/mol. The number of fused-ring (bicyclic) bond motifs is 1. The molecule has 0 saturated carbocycles. The molecule has 104 valence electrons. The first kappa shape index (κ1) is 13.1. The highest BCUT2D eigenvalue weighted by Crippen LogP contribution is 2.26. The topological polar surface area (TPSA) is 41.5 Å². The van der Waals surface area contributed by atoms with Crippen LogP contribution in [0.25, 0.3) is 0 Å². The van der Waals surface area contributed by atoms with Crippen LogP contribution in [0.5, 0.6) is 5.88 Å². The Labute approximate surface area is 122 Å². The molecule has 1 aromatic heterocycles. The summed E-state index contributed by atoms with van der Waals surface area (Å²) >= 11 is 3.40. The molecule has 19 heavy (non-hydrogen) atoms. The second kappa shape index (κ2) is 5.63. The first-order valence-electron chi connectivity index (χ1n) is 6.83. The van der Waals surface area contributed by atoms with E-state index in [1.807, 2.05) is 0 Å². The minimum Gasteiger partial charge on any atom is -0.480 e. The second-order valence-corrected chi connectivity index (χ2v) is 6.01. The summed E-state index contributed by atoms with van der Waals surface area (Å²) < 4.78 is 6.06. The molecule has 6 heteroatoms. The molecule has 0 bridgehead atoms. The van der Waals surface area contributed by atoms with E-state index < -0.39 is 0 Å². The van der Waals surface area contributed by atoms with Gasteiger partial charge < -0.3 is 9.64 Å². The molecule has 3 rings (SSSR count). The number of methoxy groups -OCH3 is 1. The molecule has 1 atom stereocenters. The van der Waals surface area contributed by atoms with Gasteiger partial charge in [-0.1, -0.05) is 0 Å². The molecule has 3 heterocycles. The maximum Gasteiger partial charge on any atom is 0.232 e. The van der Waals surface area contributed by atoms with Crippen molar-refractivity contribution in [3.05, 3.63) is 10.7 Å². The first-order chi connectivity index (χ1) is 9.28. The van der Waals surface area contributed by atoms with Crippen LogP contribution in [0.2, 0.25) is 0 Å². The van der Waals surface area contributed by atoms with Gasteiger partial charge in [-0.2, -0.15) is 4.98 Å². The van der Waals surface area contributed by atoms with Crippen LogP contribution in [0.1, 0.15) is 19.3 Å². The van der Waals surface area contributed by atoms with E-state index in [1.165, 1.54) is 32.4 Å². The van der Waals surface area contributed by atoms with Crippen molar-refractivity contribution in [2.45, 2.75) is 25.3 Å². The Morgan fingerprint density at radius 1 is 1.32 bits per heavy atom. The average molecular weight is 327 g/mol. The van der Waals surface area contributed by atoms with E-state index >= 15 is 0 Å². The van der Waals surface area contributed by atoms with Crippen molar-refractivity contribution in [3.63, 3.8) is 0 Å². The maximum atomic E-state index is 5.26. The van der Waals surface area contributed by atoms with Crippen molar-refractivity contribution < 1.29 is 4.74 Å². The fourth-order valence-corrected chi connectivity index (χ4v) is 3.38. The van der Waals surface area contributed by atoms with Crippen LogP contribution in [-0.2, 0) is 0 Å². The van der Waals surface area contributed by atoms with E-state index in [0.29, 0.717) is 11.9 Å². The number of nitrogens with zero attached hydrogens (tertiary/aromatic N) is 4. The third-order valence-electron chi connectivity index (χ3n) is 3.98. The largest absolute Gasteiger partial charge is 0.480 e. The molecule has 0 aromatic carbocycles. The van der Waals surface area contributed by atoms with Crippen LogP contribution < -0.4 is 9.64 Å². The van der Waals surface area contributed by atoms with Gasteiger partial charge in [0.2, 0.25) is 11.8 Å². The molecule has 2 fully saturated rings. The summed E-state index contributed by atoms with van der Waals surface area (Å²) in [7, 11) is 1.64. The van der Waals surface area contributed by atoms with Crippen LogP contribution in [0.15, 0.2) is 10.7 Å². The van der Waals surface area contributed by atoms with Crippen LogP contribution >= 0.6 is 15.9 Å². The highest BCUT2D eigenvalue weighted by Gasteiger charge is 2.29. The lowest BCUT2D eigenvalue weighted by atomic mass is 10.2. The molecule has 0 N–H and O–H groups in total. The van der Waals surface area contributed by atoms with Gasteiger partial charge in [0.05, 0.1) is 17.8 Å². The molecule has 0 amide bonds. The van der Waals surface area contributed by atoms with Gasteiger partial charge in [-0.05, 0) is 41.7 Å². The molecule has 2 aliphatic heterocycles. The lowest BCUT2D eigenvalue weighted by Gasteiger charge is -2.25. The molecule has 2 saturated heterocycles. The molecule has 0 spiro atoms. The van der Waals surface area contributed by atoms with Crippen molar-refractivity contribution in [2.75, 3.05) is 38.2 Å². The second-order valence-electron chi connectivity index (χ2n) is 5.16. The monoisotopic (exact) mass is 326 g/mol. The van der Waals surface area contributed by atoms with E-state index in [4.69, 9.17) is 4.74 Å². The standard InChI is InChI=1S/C13H19BrN4O/c1-19-12-11(14)8-15-13(16-12)18-7-3-6-17-5-2-4-10(17)9-18/h8,10H,2-7,9H2,1H3. The fraction of sp³-hybridized carbons (Fsp3) is 0.692. The zero-order valence-electron chi connectivity index (χ0n) is 11.2. The lowest BCUT2D eigenvalue weighted by molar-refractivity contribution is 0.273. The average Bonchev–Trinajstić information content (AvgIpc) is 2.77. The van der Waals surface area contributed by atoms with Gasteiger partial charge in [0.15, 0.2) is 0 Å². The summed E-state index contributed by atoms with van der Waals surface area (Å²) in [6.45, 7) is 4.51. The van der Waals surface area contributed by atoms with Crippen LogP contribution in [0.4, 0.5) is 5.95 Å². The summed E-state index contributed by atoms with van der Waals surface area (Å²) in [6.07, 6.45) is 5.57. The summed E-state index contributed by atoms with van der Waals surface area (Å²) in [4.78, 5) is 13.8. The van der Waals surface area contributed by atoms with Gasteiger partial charge in [0.1, 0.15) is 0 Å². The van der Waals surface area contributed by atoms with Crippen molar-refractivity contribution in [3.8, 4) is 5.88 Å². The molecule has 5 nitrogen and oxygen atoms in total. The third-order valence-corrected chi connectivity index (χ3v) is 4.52. The van der Waals surface area contributed by atoms with Crippen molar-refractivity contribution in [2.24, 2.45) is 0 Å². The van der Waals surface area contributed by atoms with Gasteiger partial charge in [-0.25, -0.2) is 4.98 Å². The predicted octanol–water partition coefficient (Wildman–Crippen LogP) is 1.92. The normalized spacial score (nSPS) is 24.1. The van der Waals surface area contributed by atoms with E-state index in [1.54, 1.807) is 13.3 Å². The summed E-state index contributed by atoms with van der Waals surface area (Å²) in [6, 6.07) is 0.667. The third kappa shape index (κ3) is 2.69. The molecule has 1 aromatic rings. The van der Waals surface area contributed by atoms with E-state index in [-0.39, 0.29) is 0 Å². The van der Waals surface area contributed by atoms with Crippen LogP contribution in [0, 0.1) is 0 Å². The number of rotatable bonds is 2. The van der Waals surface area contributed by atoms with Crippen molar-refractivity contribution in [1.82, 2.24) is 14.9 Å². The van der Waals surface area contributed by atoms with E-state index in [0.717, 1.165) is 23.5 Å². The minimum atomic E-state index is 0.609. The van der Waals surface area contributed by atoms with Gasteiger partial charge in [-0.15, -0.1) is 0 Å². The number of hydrogen-bond acceptors (Lipinski definition) is 5. The molecular formula is C13H19BrN4O. The smallest absolute Gasteiger partial charge is 0.232 e.